The Morgan fingerprint density at radius 3 is 1.62 bits per heavy atom. The Labute approximate surface area is 439 Å². The van der Waals surface area contributed by atoms with Crippen molar-refractivity contribution < 1.29 is 13.6 Å². The van der Waals surface area contributed by atoms with Crippen molar-refractivity contribution in [2.45, 2.75) is 26.8 Å². The van der Waals surface area contributed by atoms with Gasteiger partial charge in [-0.1, -0.05) is 44.2 Å². The van der Waals surface area contributed by atoms with Gasteiger partial charge in [0, 0.05) is 93.1 Å². The standard InChI is InChI=1S/C29H19FN8OS.C24H19FN8S.C2H6/c30-24-7-6-23(40-24)21-14-32-15-22-26(21)36-29(35-22)27-20-10-18(12-33-28(20)38-37-27)17-9-19(13-31-11-17)34-25(39)8-16-4-2-1-3-5-16;1-33(2)12-13-5-14(8-26-7-13)15-6-16-22(31-32-23(16)28-9-15)24-29-18-11-27-10-17(21(18)30-24)19-3-4-20(25)34-19;1-2/h1-7,9-15H,8H2,(H,34,39)(H,35,36)(H,33,37,38);3-11H,12H2,1-2H3,(H,29,30)(H,28,31,32);1-2H3. The molecule has 0 spiro atoms. The average Bonchev–Trinajstić information content (AvgIpc) is 4.32. The number of aromatic amines is 4. The van der Waals surface area contributed by atoms with Crippen LogP contribution in [0.25, 0.3) is 110 Å². The fourth-order valence-electron chi connectivity index (χ4n) is 8.61. The van der Waals surface area contributed by atoms with Crippen molar-refractivity contribution >= 4 is 78.4 Å². The molecule has 376 valence electrons. The Balaban J connectivity index is 0.000000159. The van der Waals surface area contributed by atoms with E-state index < -0.39 is 0 Å². The molecule has 0 aliphatic rings. The van der Waals surface area contributed by atoms with Crippen molar-refractivity contribution in [2.24, 2.45) is 0 Å². The maximum absolute atomic E-state index is 13.7. The quantitative estimate of drug-likeness (QED) is 0.0816. The molecular formula is C55H44F2N16OS2. The van der Waals surface area contributed by atoms with Gasteiger partial charge in [-0.05, 0) is 73.8 Å². The second kappa shape index (κ2) is 21.3. The molecule has 21 heteroatoms. The van der Waals surface area contributed by atoms with Crippen molar-refractivity contribution in [3.63, 3.8) is 0 Å². The number of pyridine rings is 6. The first-order chi connectivity index (χ1) is 37.1. The van der Waals surface area contributed by atoms with E-state index in [-0.39, 0.29) is 22.6 Å². The number of hydrogen-bond acceptors (Lipinski definition) is 14. The number of benzene rings is 1. The number of aromatic nitrogens is 14. The molecule has 0 saturated carbocycles. The second-order valence-corrected chi connectivity index (χ2v) is 19.5. The average molecular weight is 1050 g/mol. The Hall–Kier alpha value is -9.31. The van der Waals surface area contributed by atoms with Gasteiger partial charge in [-0.25, -0.2) is 19.9 Å². The first-order valence-electron chi connectivity index (χ1n) is 23.9. The third-order valence-electron chi connectivity index (χ3n) is 11.9. The smallest absolute Gasteiger partial charge is 0.228 e. The molecule has 0 aliphatic heterocycles. The molecule has 0 atom stereocenters. The van der Waals surface area contributed by atoms with Crippen LogP contribution in [0.4, 0.5) is 14.5 Å². The molecular weight excluding hydrogens is 1000 g/mol. The zero-order chi connectivity index (χ0) is 52.3. The number of carbonyl (C=O) groups excluding carboxylic acids is 1. The number of fused-ring (bicyclic) bond motifs is 4. The van der Waals surface area contributed by atoms with E-state index in [4.69, 9.17) is 9.97 Å². The first kappa shape index (κ1) is 48.9. The lowest BCUT2D eigenvalue weighted by molar-refractivity contribution is -0.115. The summed E-state index contributed by atoms with van der Waals surface area (Å²) in [6.45, 7) is 4.80. The van der Waals surface area contributed by atoms with E-state index in [1.165, 1.54) is 12.1 Å². The molecule has 0 saturated heterocycles. The molecule has 0 aliphatic carbocycles. The van der Waals surface area contributed by atoms with E-state index >= 15 is 0 Å². The van der Waals surface area contributed by atoms with Gasteiger partial charge >= 0.3 is 0 Å². The minimum atomic E-state index is -0.268. The Morgan fingerprint density at radius 1 is 0.579 bits per heavy atom. The van der Waals surface area contributed by atoms with Gasteiger partial charge in [0.1, 0.15) is 22.4 Å². The zero-order valence-corrected chi connectivity index (χ0v) is 42.7. The van der Waals surface area contributed by atoms with Crippen molar-refractivity contribution in [1.82, 2.24) is 75.1 Å². The fourth-order valence-corrected chi connectivity index (χ4v) is 10.1. The number of hydrogen-bond donors (Lipinski definition) is 5. The predicted molar refractivity (Wildman–Crippen MR) is 294 cm³/mol. The van der Waals surface area contributed by atoms with Crippen molar-refractivity contribution in [3.05, 3.63) is 162 Å². The van der Waals surface area contributed by atoms with Crippen molar-refractivity contribution in [2.75, 3.05) is 19.4 Å². The molecule has 12 aromatic heterocycles. The summed E-state index contributed by atoms with van der Waals surface area (Å²) >= 11 is 2.12. The largest absolute Gasteiger partial charge is 0.335 e. The van der Waals surface area contributed by atoms with E-state index in [0.29, 0.717) is 39.8 Å². The van der Waals surface area contributed by atoms with E-state index in [0.717, 1.165) is 116 Å². The number of halogens is 2. The topological polar surface area (TPSA) is 224 Å². The van der Waals surface area contributed by atoms with Gasteiger partial charge in [0.25, 0.3) is 0 Å². The summed E-state index contributed by atoms with van der Waals surface area (Å²) in [6, 6.07) is 23.9. The van der Waals surface area contributed by atoms with Crippen LogP contribution in [0.2, 0.25) is 0 Å². The number of H-pyrrole nitrogens is 4. The maximum Gasteiger partial charge on any atom is 0.228 e. The third kappa shape index (κ3) is 10.2. The number of thiophene rings is 2. The van der Waals surface area contributed by atoms with E-state index in [1.807, 2.05) is 88.9 Å². The highest BCUT2D eigenvalue weighted by molar-refractivity contribution is 7.14. The second-order valence-electron chi connectivity index (χ2n) is 17.4. The van der Waals surface area contributed by atoms with Gasteiger partial charge in [-0.2, -0.15) is 19.0 Å². The lowest BCUT2D eigenvalue weighted by Gasteiger charge is -2.10. The molecule has 1 aromatic carbocycles. The Kier molecular flexibility index (Phi) is 13.7. The molecule has 12 heterocycles. The number of anilines is 1. The molecule has 0 bridgehead atoms. The molecule has 76 heavy (non-hydrogen) atoms. The number of rotatable bonds is 11. The van der Waals surface area contributed by atoms with Crippen molar-refractivity contribution in [3.8, 4) is 66.2 Å². The van der Waals surface area contributed by atoms with Crippen LogP contribution < -0.4 is 5.32 Å². The van der Waals surface area contributed by atoms with Crippen LogP contribution in [-0.4, -0.2) is 95.1 Å². The normalized spacial score (nSPS) is 11.3. The summed E-state index contributed by atoms with van der Waals surface area (Å²) in [7, 11) is 4.06. The molecule has 5 N–H and O–H groups in total. The summed E-state index contributed by atoms with van der Waals surface area (Å²) in [4.78, 5) is 58.8. The van der Waals surface area contributed by atoms with Gasteiger partial charge in [0.2, 0.25) is 5.91 Å². The van der Waals surface area contributed by atoms with Gasteiger partial charge in [-0.3, -0.25) is 34.9 Å². The maximum atomic E-state index is 13.7. The minimum Gasteiger partial charge on any atom is -0.335 e. The van der Waals surface area contributed by atoms with Crippen LogP contribution in [0.3, 0.4) is 0 Å². The highest BCUT2D eigenvalue weighted by atomic mass is 32.1. The van der Waals surface area contributed by atoms with E-state index in [2.05, 4.69) is 76.5 Å². The van der Waals surface area contributed by atoms with Crippen LogP contribution in [0.5, 0.6) is 0 Å². The third-order valence-corrected chi connectivity index (χ3v) is 13.8. The number of carbonyl (C=O) groups is 1. The Bertz CT molecular complexity index is 4200. The summed E-state index contributed by atoms with van der Waals surface area (Å²) in [5.41, 5.74) is 13.1. The highest BCUT2D eigenvalue weighted by Crippen LogP contribution is 2.37. The number of nitrogens with zero attached hydrogens (tertiary/aromatic N) is 11. The van der Waals surface area contributed by atoms with Crippen LogP contribution in [0.15, 0.2) is 141 Å². The summed E-state index contributed by atoms with van der Waals surface area (Å²) in [5.74, 6) is 1.05. The summed E-state index contributed by atoms with van der Waals surface area (Å²) in [6.07, 6.45) is 17.6. The van der Waals surface area contributed by atoms with Gasteiger partial charge in [0.15, 0.2) is 33.2 Å². The lowest BCUT2D eigenvalue weighted by Crippen LogP contribution is -2.14. The van der Waals surface area contributed by atoms with Gasteiger partial charge in [-0.15, -0.1) is 22.7 Å². The first-order valence-corrected chi connectivity index (χ1v) is 25.5. The van der Waals surface area contributed by atoms with Crippen LogP contribution >= 0.6 is 22.7 Å². The molecule has 13 aromatic rings. The van der Waals surface area contributed by atoms with Crippen LogP contribution in [0.1, 0.15) is 25.0 Å². The SMILES string of the molecule is CC.CN(C)Cc1cncc(-c2cnc3n[nH]c(-c4nc5c(-c6ccc(F)s6)cncc5[nH]4)c3c2)c1.O=C(Cc1ccccc1)Nc1cncc(-c2cnc3n[nH]c(-c4nc5c(-c6ccc(F)s6)cncc5[nH]4)c3c2)c1. The zero-order valence-electron chi connectivity index (χ0n) is 41.1. The number of nitrogens with one attached hydrogen (secondary N) is 5. The van der Waals surface area contributed by atoms with Gasteiger partial charge < -0.3 is 20.2 Å². The highest BCUT2D eigenvalue weighted by Gasteiger charge is 2.20. The molecule has 17 nitrogen and oxygen atoms in total. The van der Waals surface area contributed by atoms with E-state index in [9.17, 15) is 13.6 Å². The van der Waals surface area contributed by atoms with Crippen LogP contribution in [0, 0.1) is 10.3 Å². The number of imidazole rings is 2. The fraction of sp³-hybridized carbons (Fsp3) is 0.109. The van der Waals surface area contributed by atoms with Gasteiger partial charge in [0.05, 0.1) is 52.5 Å². The summed E-state index contributed by atoms with van der Waals surface area (Å²) in [5, 5.41) is 18.8. The molecule has 0 radical (unpaired) electrons. The lowest BCUT2D eigenvalue weighted by atomic mass is 10.1. The molecule has 1 amide bonds. The van der Waals surface area contributed by atoms with E-state index in [1.54, 1.807) is 61.7 Å². The molecule has 0 unspecified atom stereocenters. The Morgan fingerprint density at radius 2 is 1.09 bits per heavy atom. The summed E-state index contributed by atoms with van der Waals surface area (Å²) < 4.78 is 27.3. The van der Waals surface area contributed by atoms with Crippen LogP contribution in [-0.2, 0) is 17.8 Å². The number of amides is 1. The minimum absolute atomic E-state index is 0.125. The molecule has 0 fully saturated rings. The molecule has 13 rings (SSSR count). The van der Waals surface area contributed by atoms with Crippen molar-refractivity contribution in [1.29, 1.82) is 0 Å². The predicted octanol–water partition coefficient (Wildman–Crippen LogP) is 11.9. The monoisotopic (exact) mass is 1050 g/mol.